The molecule has 2 rings (SSSR count). The normalized spacial score (nSPS) is 12.8. The van der Waals surface area contributed by atoms with Crippen LogP contribution in [0.1, 0.15) is 17.2 Å². The van der Waals surface area contributed by atoms with Gasteiger partial charge in [0.15, 0.2) is 0 Å². The molecule has 4 heteroatoms. The number of aromatic nitrogens is 1. The van der Waals surface area contributed by atoms with Gasteiger partial charge in [-0.3, -0.25) is 4.90 Å². The van der Waals surface area contributed by atoms with E-state index < -0.39 is 0 Å². The number of thiazole rings is 1. The summed E-state index contributed by atoms with van der Waals surface area (Å²) in [6.07, 6.45) is 0. The van der Waals surface area contributed by atoms with Crippen molar-refractivity contribution in [2.45, 2.75) is 12.5 Å². The smallest absolute Gasteiger partial charge is 0.0795 e. The Morgan fingerprint density at radius 3 is 2.72 bits per heavy atom. The van der Waals surface area contributed by atoms with E-state index in [1.165, 1.54) is 5.56 Å². The average molecular weight is 278 g/mol. The van der Waals surface area contributed by atoms with E-state index in [9.17, 15) is 0 Å². The van der Waals surface area contributed by atoms with Crippen LogP contribution in [0, 0.1) is 0 Å². The van der Waals surface area contributed by atoms with Gasteiger partial charge in [0.1, 0.15) is 0 Å². The van der Waals surface area contributed by atoms with E-state index in [1.807, 2.05) is 5.51 Å². The first-order valence-electron chi connectivity index (χ1n) is 6.01. The van der Waals surface area contributed by atoms with Crippen LogP contribution in [0.25, 0.3) is 0 Å². The van der Waals surface area contributed by atoms with Crippen LogP contribution in [-0.2, 0) is 6.54 Å². The summed E-state index contributed by atoms with van der Waals surface area (Å²) in [7, 11) is 2.14. The van der Waals surface area contributed by atoms with Gasteiger partial charge < -0.3 is 0 Å². The van der Waals surface area contributed by atoms with Gasteiger partial charge in [0.25, 0.3) is 0 Å². The Morgan fingerprint density at radius 1 is 1.33 bits per heavy atom. The molecule has 1 heterocycles. The molecule has 96 valence electrons. The van der Waals surface area contributed by atoms with Crippen LogP contribution in [0.5, 0.6) is 0 Å². The Balaban J connectivity index is 1.94. The third-order valence-corrected chi connectivity index (χ3v) is 4.01. The molecule has 2 aromatic rings. The molecule has 1 aromatic carbocycles. The maximum Gasteiger partial charge on any atom is 0.0795 e. The molecule has 0 aliphatic rings. The summed E-state index contributed by atoms with van der Waals surface area (Å²) in [5, 5.41) is 2.11. The average Bonchev–Trinajstić information content (AvgIpc) is 2.90. The second kappa shape index (κ2) is 6.92. The number of nitrogens with zero attached hydrogens (tertiary/aromatic N) is 2. The summed E-state index contributed by atoms with van der Waals surface area (Å²) in [4.78, 5) is 6.63. The minimum atomic E-state index is 0.471. The highest BCUT2D eigenvalue weighted by Gasteiger charge is 2.12. The van der Waals surface area contributed by atoms with Crippen molar-refractivity contribution < 1.29 is 0 Å². The zero-order chi connectivity index (χ0) is 12.8. The van der Waals surface area contributed by atoms with Crippen molar-refractivity contribution in [1.29, 1.82) is 0 Å². The zero-order valence-electron chi connectivity index (χ0n) is 10.5. The Kier molecular flexibility index (Phi) is 5.23. The fraction of sp³-hybridized carbons (Fsp3) is 0.357. The van der Waals surface area contributed by atoms with Gasteiger partial charge in [-0.25, -0.2) is 4.98 Å². The van der Waals surface area contributed by atoms with Gasteiger partial charge >= 0.3 is 0 Å². The van der Waals surface area contributed by atoms with Gasteiger partial charge in [-0.2, -0.15) is 12.6 Å². The third-order valence-electron chi connectivity index (χ3n) is 2.94. The van der Waals surface area contributed by atoms with E-state index in [-0.39, 0.29) is 0 Å². The Labute approximate surface area is 118 Å². The second-order valence-electron chi connectivity index (χ2n) is 4.47. The van der Waals surface area contributed by atoms with E-state index in [1.54, 1.807) is 11.3 Å². The lowest BCUT2D eigenvalue weighted by atomic mass is 10.0. The van der Waals surface area contributed by atoms with Crippen molar-refractivity contribution in [3.8, 4) is 0 Å². The summed E-state index contributed by atoms with van der Waals surface area (Å²) < 4.78 is 0. The number of hydrogen-bond acceptors (Lipinski definition) is 4. The summed E-state index contributed by atoms with van der Waals surface area (Å²) in [6, 6.07) is 10.6. The second-order valence-corrected chi connectivity index (χ2v) is 5.55. The van der Waals surface area contributed by atoms with Crippen molar-refractivity contribution in [2.24, 2.45) is 0 Å². The molecule has 0 N–H and O–H groups in total. The fourth-order valence-electron chi connectivity index (χ4n) is 2.03. The van der Waals surface area contributed by atoms with Gasteiger partial charge in [-0.1, -0.05) is 30.3 Å². The van der Waals surface area contributed by atoms with Gasteiger partial charge in [-0.15, -0.1) is 11.3 Å². The maximum absolute atomic E-state index is 4.48. The van der Waals surface area contributed by atoms with Crippen LogP contribution in [0.3, 0.4) is 0 Å². The predicted octanol–water partition coefficient (Wildman–Crippen LogP) is 3.29. The zero-order valence-corrected chi connectivity index (χ0v) is 12.2. The SMILES string of the molecule is CN(Cc1cscn1)CC(CS)c1ccccc1. The molecule has 2 nitrogen and oxygen atoms in total. The first-order valence-corrected chi connectivity index (χ1v) is 7.58. The molecule has 0 amide bonds. The maximum atomic E-state index is 4.48. The van der Waals surface area contributed by atoms with Crippen LogP contribution < -0.4 is 0 Å². The molecule has 1 unspecified atom stereocenters. The van der Waals surface area contributed by atoms with Crippen molar-refractivity contribution in [2.75, 3.05) is 19.3 Å². The molecule has 0 radical (unpaired) electrons. The number of rotatable bonds is 6. The van der Waals surface area contributed by atoms with Crippen molar-refractivity contribution in [3.63, 3.8) is 0 Å². The first-order chi connectivity index (χ1) is 8.79. The molecule has 0 bridgehead atoms. The van der Waals surface area contributed by atoms with Crippen LogP contribution >= 0.6 is 24.0 Å². The molecular formula is C14H18N2S2. The first kappa shape index (κ1) is 13.6. The molecule has 0 saturated carbocycles. The van der Waals surface area contributed by atoms with E-state index >= 15 is 0 Å². The molecule has 0 saturated heterocycles. The molecule has 0 fully saturated rings. The summed E-state index contributed by atoms with van der Waals surface area (Å²) in [5.74, 6) is 1.34. The Bertz CT molecular complexity index is 442. The van der Waals surface area contributed by atoms with Crippen LogP contribution in [0.15, 0.2) is 41.2 Å². The predicted molar refractivity (Wildman–Crippen MR) is 81.5 cm³/mol. The van der Waals surface area contributed by atoms with Crippen LogP contribution in [0.2, 0.25) is 0 Å². The van der Waals surface area contributed by atoms with Crippen molar-refractivity contribution in [1.82, 2.24) is 9.88 Å². The molecule has 1 aromatic heterocycles. The minimum Gasteiger partial charge on any atom is -0.300 e. The number of thiol groups is 1. The molecule has 0 aliphatic carbocycles. The van der Waals surface area contributed by atoms with Gasteiger partial charge in [0.05, 0.1) is 11.2 Å². The lowest BCUT2D eigenvalue weighted by molar-refractivity contribution is 0.308. The largest absolute Gasteiger partial charge is 0.300 e. The highest BCUT2D eigenvalue weighted by Crippen LogP contribution is 2.18. The highest BCUT2D eigenvalue weighted by molar-refractivity contribution is 7.80. The summed E-state index contributed by atoms with van der Waals surface area (Å²) >= 11 is 6.13. The molecule has 1 atom stereocenters. The number of likely N-dealkylation sites (N-methyl/N-ethyl adjacent to an activating group) is 1. The standard InChI is InChI=1S/C14H18N2S2/c1-16(8-14-10-18-11-15-14)7-13(9-17)12-5-3-2-4-6-12/h2-6,10-11,13,17H,7-9H2,1H3. The summed E-state index contributed by atoms with van der Waals surface area (Å²) in [6.45, 7) is 1.91. The topological polar surface area (TPSA) is 16.1 Å². The molecule has 0 spiro atoms. The van der Waals surface area contributed by atoms with E-state index in [2.05, 4.69) is 65.3 Å². The molecular weight excluding hydrogens is 260 g/mol. The fourth-order valence-corrected chi connectivity index (χ4v) is 2.90. The van der Waals surface area contributed by atoms with E-state index in [0.29, 0.717) is 5.92 Å². The number of hydrogen-bond donors (Lipinski definition) is 1. The Morgan fingerprint density at radius 2 is 2.11 bits per heavy atom. The van der Waals surface area contributed by atoms with Crippen LogP contribution in [0.4, 0.5) is 0 Å². The summed E-state index contributed by atoms with van der Waals surface area (Å²) in [5.41, 5.74) is 4.39. The van der Waals surface area contributed by atoms with E-state index in [4.69, 9.17) is 0 Å². The molecule has 0 aliphatic heterocycles. The van der Waals surface area contributed by atoms with Gasteiger partial charge in [-0.05, 0) is 18.4 Å². The molecule has 18 heavy (non-hydrogen) atoms. The van der Waals surface area contributed by atoms with Crippen LogP contribution in [-0.4, -0.2) is 29.2 Å². The number of benzene rings is 1. The lowest BCUT2D eigenvalue weighted by Crippen LogP contribution is -2.25. The van der Waals surface area contributed by atoms with Crippen molar-refractivity contribution >= 4 is 24.0 Å². The third kappa shape index (κ3) is 3.83. The van der Waals surface area contributed by atoms with Gasteiger partial charge in [0.2, 0.25) is 0 Å². The lowest BCUT2D eigenvalue weighted by Gasteiger charge is -2.22. The van der Waals surface area contributed by atoms with Crippen molar-refractivity contribution in [3.05, 3.63) is 52.5 Å². The Hall–Kier alpha value is -0.840. The minimum absolute atomic E-state index is 0.471. The quantitative estimate of drug-likeness (QED) is 0.816. The van der Waals surface area contributed by atoms with E-state index in [0.717, 1.165) is 24.5 Å². The monoisotopic (exact) mass is 278 g/mol. The highest BCUT2D eigenvalue weighted by atomic mass is 32.1. The van der Waals surface area contributed by atoms with Gasteiger partial charge in [0, 0.05) is 24.4 Å².